The Bertz CT molecular complexity index is 351. The molecule has 2 rings (SSSR count). The van der Waals surface area contributed by atoms with Gasteiger partial charge in [0.2, 0.25) is 5.91 Å². The lowest BCUT2D eigenvalue weighted by atomic mass is 9.79. The van der Waals surface area contributed by atoms with Crippen LogP contribution in [0.2, 0.25) is 0 Å². The van der Waals surface area contributed by atoms with Crippen molar-refractivity contribution in [2.24, 2.45) is 5.92 Å². The largest absolute Gasteiger partial charge is 0.388 e. The summed E-state index contributed by atoms with van der Waals surface area (Å²) in [6, 6.07) is 0. The van der Waals surface area contributed by atoms with Crippen molar-refractivity contribution in [2.75, 3.05) is 6.54 Å². The molecule has 0 heterocycles. The molecule has 0 radical (unpaired) electrons. The highest BCUT2D eigenvalue weighted by Gasteiger charge is 2.32. The van der Waals surface area contributed by atoms with E-state index >= 15 is 0 Å². The Hall–Kier alpha value is -0.830. The molecule has 0 aromatic carbocycles. The van der Waals surface area contributed by atoms with Crippen molar-refractivity contribution in [1.82, 2.24) is 5.32 Å². The fraction of sp³-hybridized carbons (Fsp3) is 0.812. The Balaban J connectivity index is 1.75. The third kappa shape index (κ3) is 4.64. The third-order valence-electron chi connectivity index (χ3n) is 4.45. The molecule has 2 N–H and O–H groups in total. The first-order valence-electron chi connectivity index (χ1n) is 7.74. The van der Waals surface area contributed by atoms with Crippen LogP contribution in [0.1, 0.15) is 64.7 Å². The van der Waals surface area contributed by atoms with Crippen LogP contribution >= 0.6 is 0 Å². The Morgan fingerprint density at radius 2 is 2.32 bits per heavy atom. The highest BCUT2D eigenvalue weighted by molar-refractivity contribution is 5.78. The number of rotatable bonds is 4. The standard InChI is InChI=1S/C16H27NO2/c1-13-6-5-9-16(19,11-13)12-17-15(18)10-14-7-3-2-4-8-14/h7,13,19H,2-6,8-12H2,1H3,(H,17,18). The monoisotopic (exact) mass is 265 g/mol. The first-order chi connectivity index (χ1) is 9.07. The van der Waals surface area contributed by atoms with Gasteiger partial charge in [0.25, 0.3) is 0 Å². The van der Waals surface area contributed by atoms with E-state index in [1.807, 2.05) is 0 Å². The lowest BCUT2D eigenvalue weighted by molar-refractivity contribution is -0.122. The van der Waals surface area contributed by atoms with E-state index in [1.54, 1.807) is 0 Å². The van der Waals surface area contributed by atoms with Crippen LogP contribution in [0.3, 0.4) is 0 Å². The van der Waals surface area contributed by atoms with Gasteiger partial charge in [-0.3, -0.25) is 4.79 Å². The second-order valence-corrected chi connectivity index (χ2v) is 6.49. The van der Waals surface area contributed by atoms with Gasteiger partial charge in [-0.2, -0.15) is 0 Å². The molecule has 0 spiro atoms. The average Bonchev–Trinajstić information content (AvgIpc) is 2.38. The fourth-order valence-corrected chi connectivity index (χ4v) is 3.39. The molecule has 108 valence electrons. The molecule has 1 fully saturated rings. The van der Waals surface area contributed by atoms with Gasteiger partial charge in [-0.25, -0.2) is 0 Å². The molecule has 0 aliphatic heterocycles. The summed E-state index contributed by atoms with van der Waals surface area (Å²) in [5.41, 5.74) is 0.599. The zero-order valence-corrected chi connectivity index (χ0v) is 12.1. The van der Waals surface area contributed by atoms with E-state index < -0.39 is 5.60 Å². The summed E-state index contributed by atoms with van der Waals surface area (Å²) in [5.74, 6) is 0.636. The Morgan fingerprint density at radius 1 is 1.47 bits per heavy atom. The number of carbonyl (C=O) groups excluding carboxylic acids is 1. The van der Waals surface area contributed by atoms with Gasteiger partial charge in [0.05, 0.1) is 5.60 Å². The van der Waals surface area contributed by atoms with E-state index in [-0.39, 0.29) is 5.91 Å². The topological polar surface area (TPSA) is 49.3 Å². The van der Waals surface area contributed by atoms with Crippen molar-refractivity contribution >= 4 is 5.91 Å². The van der Waals surface area contributed by atoms with Crippen molar-refractivity contribution in [3.05, 3.63) is 11.6 Å². The van der Waals surface area contributed by atoms with E-state index in [2.05, 4.69) is 18.3 Å². The fourth-order valence-electron chi connectivity index (χ4n) is 3.39. The van der Waals surface area contributed by atoms with Crippen LogP contribution in [0.15, 0.2) is 11.6 Å². The van der Waals surface area contributed by atoms with E-state index in [9.17, 15) is 9.90 Å². The summed E-state index contributed by atoms with van der Waals surface area (Å²) in [7, 11) is 0. The van der Waals surface area contributed by atoms with Gasteiger partial charge in [0.1, 0.15) is 0 Å². The predicted octanol–water partition coefficient (Wildman–Crippen LogP) is 2.93. The zero-order chi connectivity index (χ0) is 13.7. The number of nitrogens with one attached hydrogen (secondary N) is 1. The van der Waals surface area contributed by atoms with Crippen LogP contribution in [-0.4, -0.2) is 23.2 Å². The average molecular weight is 265 g/mol. The molecule has 3 nitrogen and oxygen atoms in total. The molecule has 0 aromatic heterocycles. The lowest BCUT2D eigenvalue weighted by Gasteiger charge is -2.35. The summed E-state index contributed by atoms with van der Waals surface area (Å²) >= 11 is 0. The van der Waals surface area contributed by atoms with Gasteiger partial charge in [-0.1, -0.05) is 31.4 Å². The molecule has 0 bridgehead atoms. The SMILES string of the molecule is CC1CCCC(O)(CNC(=O)CC2=CCCCC2)C1. The quantitative estimate of drug-likeness (QED) is 0.768. The molecular formula is C16H27NO2. The van der Waals surface area contributed by atoms with E-state index in [0.717, 1.165) is 32.1 Å². The summed E-state index contributed by atoms with van der Waals surface area (Å²) in [6.07, 6.45) is 11.3. The highest BCUT2D eigenvalue weighted by Crippen LogP contribution is 2.31. The van der Waals surface area contributed by atoms with Gasteiger partial charge in [0, 0.05) is 13.0 Å². The van der Waals surface area contributed by atoms with Gasteiger partial charge in [-0.15, -0.1) is 0 Å². The van der Waals surface area contributed by atoms with Crippen molar-refractivity contribution in [2.45, 2.75) is 70.3 Å². The summed E-state index contributed by atoms with van der Waals surface area (Å²) in [6.45, 7) is 2.60. The smallest absolute Gasteiger partial charge is 0.224 e. The predicted molar refractivity (Wildman–Crippen MR) is 76.8 cm³/mol. The van der Waals surface area contributed by atoms with Gasteiger partial charge >= 0.3 is 0 Å². The van der Waals surface area contributed by atoms with E-state index in [4.69, 9.17) is 0 Å². The second-order valence-electron chi connectivity index (χ2n) is 6.49. The van der Waals surface area contributed by atoms with Crippen LogP contribution in [-0.2, 0) is 4.79 Å². The minimum Gasteiger partial charge on any atom is -0.388 e. The molecule has 2 unspecified atom stereocenters. The molecule has 3 heteroatoms. The molecular weight excluding hydrogens is 238 g/mol. The molecule has 1 saturated carbocycles. The molecule has 2 aliphatic carbocycles. The highest BCUT2D eigenvalue weighted by atomic mass is 16.3. The van der Waals surface area contributed by atoms with Crippen LogP contribution in [0.25, 0.3) is 0 Å². The molecule has 19 heavy (non-hydrogen) atoms. The van der Waals surface area contributed by atoms with Crippen molar-refractivity contribution < 1.29 is 9.90 Å². The maximum Gasteiger partial charge on any atom is 0.224 e. The molecule has 2 atom stereocenters. The lowest BCUT2D eigenvalue weighted by Crippen LogP contribution is -2.45. The normalized spacial score (nSPS) is 31.7. The summed E-state index contributed by atoms with van der Waals surface area (Å²) in [4.78, 5) is 11.9. The molecule has 2 aliphatic rings. The first kappa shape index (κ1) is 14.6. The Labute approximate surface area is 116 Å². The number of hydrogen-bond donors (Lipinski definition) is 2. The minimum absolute atomic E-state index is 0.0693. The second kappa shape index (κ2) is 6.56. The number of hydrogen-bond acceptors (Lipinski definition) is 2. The number of aliphatic hydroxyl groups is 1. The third-order valence-corrected chi connectivity index (χ3v) is 4.45. The number of allylic oxidation sites excluding steroid dienone is 1. The Kier molecular flexibility index (Phi) is 5.03. The number of amides is 1. The minimum atomic E-state index is -0.672. The summed E-state index contributed by atoms with van der Waals surface area (Å²) < 4.78 is 0. The van der Waals surface area contributed by atoms with Crippen molar-refractivity contribution in [3.8, 4) is 0 Å². The van der Waals surface area contributed by atoms with Gasteiger partial charge in [-0.05, 0) is 44.4 Å². The summed E-state index contributed by atoms with van der Waals surface area (Å²) in [5, 5.41) is 13.4. The molecule has 0 aromatic rings. The zero-order valence-electron chi connectivity index (χ0n) is 12.1. The maximum atomic E-state index is 11.9. The van der Waals surface area contributed by atoms with Crippen molar-refractivity contribution in [1.29, 1.82) is 0 Å². The number of carbonyl (C=O) groups is 1. The van der Waals surface area contributed by atoms with Gasteiger partial charge in [0.15, 0.2) is 0 Å². The molecule has 0 saturated heterocycles. The van der Waals surface area contributed by atoms with E-state index in [1.165, 1.54) is 24.8 Å². The van der Waals surface area contributed by atoms with Crippen molar-refractivity contribution in [3.63, 3.8) is 0 Å². The first-order valence-corrected chi connectivity index (χ1v) is 7.74. The van der Waals surface area contributed by atoms with Crippen LogP contribution in [0, 0.1) is 5.92 Å². The van der Waals surface area contributed by atoms with E-state index in [0.29, 0.717) is 18.9 Å². The van der Waals surface area contributed by atoms with Crippen LogP contribution in [0.5, 0.6) is 0 Å². The Morgan fingerprint density at radius 3 is 3.00 bits per heavy atom. The van der Waals surface area contributed by atoms with Crippen LogP contribution in [0.4, 0.5) is 0 Å². The van der Waals surface area contributed by atoms with Gasteiger partial charge < -0.3 is 10.4 Å². The van der Waals surface area contributed by atoms with Crippen LogP contribution < -0.4 is 5.32 Å². The maximum absolute atomic E-state index is 11.9. The molecule has 1 amide bonds.